The van der Waals surface area contributed by atoms with Crippen molar-refractivity contribution >= 4 is 5.91 Å². The number of nitrogens with two attached hydrogens (primary N) is 2. The van der Waals surface area contributed by atoms with Gasteiger partial charge in [0.1, 0.15) is 0 Å². The standard InChI is InChI=1S/C13H14N4O/c1-8-3-2-4-9(5-8)11-7-16-10(6-14)12(17-11)13(15)18/h2-5,7H,6,14H2,1H3,(H2,15,18). The number of aromatic nitrogens is 2. The lowest BCUT2D eigenvalue weighted by Gasteiger charge is -2.06. The summed E-state index contributed by atoms with van der Waals surface area (Å²) in [6.45, 7) is 2.12. The lowest BCUT2D eigenvalue weighted by molar-refractivity contribution is 0.0994. The minimum atomic E-state index is -0.613. The number of hydrogen-bond donors (Lipinski definition) is 2. The number of aryl methyl sites for hydroxylation is 1. The number of carbonyl (C=O) groups excluding carboxylic acids is 1. The van der Waals surface area contributed by atoms with Crippen molar-refractivity contribution in [1.29, 1.82) is 0 Å². The first-order valence-corrected chi connectivity index (χ1v) is 5.54. The van der Waals surface area contributed by atoms with Gasteiger partial charge in [-0.15, -0.1) is 0 Å². The number of rotatable bonds is 3. The van der Waals surface area contributed by atoms with E-state index >= 15 is 0 Å². The fourth-order valence-electron chi connectivity index (χ4n) is 1.70. The van der Waals surface area contributed by atoms with Crippen LogP contribution in [-0.4, -0.2) is 15.9 Å². The van der Waals surface area contributed by atoms with Crippen LogP contribution in [0.25, 0.3) is 11.3 Å². The van der Waals surface area contributed by atoms with E-state index in [1.54, 1.807) is 6.20 Å². The number of amides is 1. The number of carbonyl (C=O) groups is 1. The van der Waals surface area contributed by atoms with E-state index in [-0.39, 0.29) is 12.2 Å². The number of benzene rings is 1. The number of nitrogens with zero attached hydrogens (tertiary/aromatic N) is 2. The predicted molar refractivity (Wildman–Crippen MR) is 68.6 cm³/mol. The predicted octanol–water partition coefficient (Wildman–Crippen LogP) is 1.01. The van der Waals surface area contributed by atoms with Gasteiger partial charge >= 0.3 is 0 Å². The molecule has 5 heteroatoms. The summed E-state index contributed by atoms with van der Waals surface area (Å²) >= 11 is 0. The molecule has 1 heterocycles. The van der Waals surface area contributed by atoms with Gasteiger partial charge in [0.2, 0.25) is 0 Å². The molecular weight excluding hydrogens is 228 g/mol. The van der Waals surface area contributed by atoms with Crippen molar-refractivity contribution in [1.82, 2.24) is 9.97 Å². The summed E-state index contributed by atoms with van der Waals surface area (Å²) in [4.78, 5) is 19.7. The fourth-order valence-corrected chi connectivity index (χ4v) is 1.70. The minimum absolute atomic E-state index is 0.136. The van der Waals surface area contributed by atoms with E-state index in [0.29, 0.717) is 11.4 Å². The number of hydrogen-bond acceptors (Lipinski definition) is 4. The summed E-state index contributed by atoms with van der Waals surface area (Å²) in [5.74, 6) is -0.613. The quantitative estimate of drug-likeness (QED) is 0.839. The molecule has 1 aromatic heterocycles. The van der Waals surface area contributed by atoms with Gasteiger partial charge in [0.05, 0.1) is 17.6 Å². The van der Waals surface area contributed by atoms with E-state index in [0.717, 1.165) is 11.1 Å². The van der Waals surface area contributed by atoms with Crippen LogP contribution in [-0.2, 0) is 6.54 Å². The van der Waals surface area contributed by atoms with E-state index in [1.165, 1.54) is 0 Å². The molecule has 0 saturated heterocycles. The van der Waals surface area contributed by atoms with Crippen molar-refractivity contribution in [2.75, 3.05) is 0 Å². The molecule has 2 rings (SSSR count). The van der Waals surface area contributed by atoms with Crippen LogP contribution >= 0.6 is 0 Å². The summed E-state index contributed by atoms with van der Waals surface area (Å²) in [5.41, 5.74) is 13.9. The van der Waals surface area contributed by atoms with E-state index in [9.17, 15) is 4.79 Å². The van der Waals surface area contributed by atoms with Gasteiger partial charge in [0.25, 0.3) is 5.91 Å². The third kappa shape index (κ3) is 2.36. The van der Waals surface area contributed by atoms with E-state index in [1.807, 2.05) is 31.2 Å². The number of primary amides is 1. The molecule has 1 amide bonds. The Balaban J connectivity index is 2.53. The molecule has 18 heavy (non-hydrogen) atoms. The SMILES string of the molecule is Cc1cccc(-c2cnc(CN)c(C(N)=O)n2)c1. The Morgan fingerprint density at radius 2 is 2.17 bits per heavy atom. The van der Waals surface area contributed by atoms with Gasteiger partial charge in [-0.05, 0) is 13.0 Å². The molecule has 5 nitrogen and oxygen atoms in total. The van der Waals surface area contributed by atoms with Crippen LogP contribution in [0, 0.1) is 6.92 Å². The molecule has 92 valence electrons. The molecule has 2 aromatic rings. The molecular formula is C13H14N4O. The minimum Gasteiger partial charge on any atom is -0.364 e. The van der Waals surface area contributed by atoms with Gasteiger partial charge in [-0.2, -0.15) is 0 Å². The average Bonchev–Trinajstić information content (AvgIpc) is 2.38. The Labute approximate surface area is 105 Å². The molecule has 0 unspecified atom stereocenters. The highest BCUT2D eigenvalue weighted by Gasteiger charge is 2.12. The van der Waals surface area contributed by atoms with Crippen LogP contribution in [0.5, 0.6) is 0 Å². The summed E-state index contributed by atoms with van der Waals surface area (Å²) in [6.07, 6.45) is 1.60. The molecule has 0 aliphatic carbocycles. The Bertz CT molecular complexity index is 595. The van der Waals surface area contributed by atoms with E-state index < -0.39 is 5.91 Å². The fraction of sp³-hybridized carbons (Fsp3) is 0.154. The van der Waals surface area contributed by atoms with Crippen LogP contribution in [0.2, 0.25) is 0 Å². The maximum absolute atomic E-state index is 11.3. The second-order valence-corrected chi connectivity index (χ2v) is 3.99. The van der Waals surface area contributed by atoms with Gasteiger partial charge in [-0.25, -0.2) is 4.98 Å². The molecule has 0 atom stereocenters. The van der Waals surface area contributed by atoms with Crippen molar-refractivity contribution in [3.05, 3.63) is 47.4 Å². The molecule has 1 aromatic carbocycles. The maximum atomic E-state index is 11.3. The Hall–Kier alpha value is -2.27. The van der Waals surface area contributed by atoms with E-state index in [4.69, 9.17) is 11.5 Å². The lowest BCUT2D eigenvalue weighted by atomic mass is 10.1. The highest BCUT2D eigenvalue weighted by Crippen LogP contribution is 2.18. The lowest BCUT2D eigenvalue weighted by Crippen LogP contribution is -2.19. The zero-order chi connectivity index (χ0) is 13.1. The first-order chi connectivity index (χ1) is 8.61. The Morgan fingerprint density at radius 1 is 1.39 bits per heavy atom. The molecule has 0 fully saturated rings. The molecule has 0 aliphatic rings. The molecule has 4 N–H and O–H groups in total. The zero-order valence-electron chi connectivity index (χ0n) is 10.1. The Morgan fingerprint density at radius 3 is 2.78 bits per heavy atom. The average molecular weight is 242 g/mol. The summed E-state index contributed by atoms with van der Waals surface area (Å²) in [6, 6.07) is 7.79. The zero-order valence-corrected chi connectivity index (χ0v) is 10.1. The molecule has 0 spiro atoms. The summed E-state index contributed by atoms with van der Waals surface area (Å²) < 4.78 is 0. The largest absolute Gasteiger partial charge is 0.364 e. The van der Waals surface area contributed by atoms with Crippen molar-refractivity contribution in [3.8, 4) is 11.3 Å². The second kappa shape index (κ2) is 4.93. The van der Waals surface area contributed by atoms with Crippen molar-refractivity contribution < 1.29 is 4.79 Å². The maximum Gasteiger partial charge on any atom is 0.269 e. The van der Waals surface area contributed by atoms with Crippen LogP contribution in [0.4, 0.5) is 0 Å². The van der Waals surface area contributed by atoms with Crippen LogP contribution in [0.15, 0.2) is 30.5 Å². The van der Waals surface area contributed by atoms with Crippen LogP contribution in [0.3, 0.4) is 0 Å². The van der Waals surface area contributed by atoms with Crippen molar-refractivity contribution in [2.24, 2.45) is 11.5 Å². The normalized spacial score (nSPS) is 10.3. The van der Waals surface area contributed by atoms with Gasteiger partial charge < -0.3 is 11.5 Å². The molecule has 0 aliphatic heterocycles. The molecule has 0 radical (unpaired) electrons. The third-order valence-electron chi connectivity index (χ3n) is 2.59. The van der Waals surface area contributed by atoms with Crippen molar-refractivity contribution in [3.63, 3.8) is 0 Å². The van der Waals surface area contributed by atoms with Gasteiger partial charge in [0, 0.05) is 12.1 Å². The summed E-state index contributed by atoms with van der Waals surface area (Å²) in [7, 11) is 0. The molecule has 0 saturated carbocycles. The van der Waals surface area contributed by atoms with Crippen LogP contribution in [0.1, 0.15) is 21.7 Å². The first kappa shape index (κ1) is 12.2. The highest BCUT2D eigenvalue weighted by atomic mass is 16.1. The first-order valence-electron chi connectivity index (χ1n) is 5.54. The van der Waals surface area contributed by atoms with Gasteiger partial charge in [0.15, 0.2) is 5.69 Å². The van der Waals surface area contributed by atoms with Gasteiger partial charge in [-0.1, -0.05) is 23.8 Å². The third-order valence-corrected chi connectivity index (χ3v) is 2.59. The topological polar surface area (TPSA) is 94.9 Å². The Kier molecular flexibility index (Phi) is 3.34. The monoisotopic (exact) mass is 242 g/mol. The van der Waals surface area contributed by atoms with Gasteiger partial charge in [-0.3, -0.25) is 9.78 Å². The smallest absolute Gasteiger partial charge is 0.269 e. The second-order valence-electron chi connectivity index (χ2n) is 3.99. The van der Waals surface area contributed by atoms with E-state index in [2.05, 4.69) is 9.97 Å². The highest BCUT2D eigenvalue weighted by molar-refractivity contribution is 5.92. The summed E-state index contributed by atoms with van der Waals surface area (Å²) in [5, 5.41) is 0. The molecule has 0 bridgehead atoms. The van der Waals surface area contributed by atoms with Crippen molar-refractivity contribution in [2.45, 2.75) is 13.5 Å². The van der Waals surface area contributed by atoms with Crippen LogP contribution < -0.4 is 11.5 Å².